The number of hydrogen-bond donors (Lipinski definition) is 1. The third-order valence-electron chi connectivity index (χ3n) is 4.11. The van der Waals surface area contributed by atoms with Crippen molar-refractivity contribution >= 4 is 29.3 Å². The molecule has 0 saturated heterocycles. The van der Waals surface area contributed by atoms with Gasteiger partial charge in [0, 0.05) is 21.2 Å². The van der Waals surface area contributed by atoms with Gasteiger partial charge in [-0.3, -0.25) is 4.79 Å². The number of ether oxygens (including phenoxy) is 1. The fourth-order valence-corrected chi connectivity index (χ4v) is 3.50. The van der Waals surface area contributed by atoms with Crippen LogP contribution < -0.4 is 10.1 Å². The second kappa shape index (κ2) is 10.2. The number of thioether (sulfide) groups is 1. The molecule has 0 saturated carbocycles. The van der Waals surface area contributed by atoms with Crippen molar-refractivity contribution in [3.05, 3.63) is 94.5 Å². The molecule has 0 heterocycles. The van der Waals surface area contributed by atoms with E-state index in [1.54, 1.807) is 11.8 Å². The molecule has 0 aliphatic rings. The minimum Gasteiger partial charge on any atom is -0.492 e. The Kier molecular flexibility index (Phi) is 7.40. The molecule has 0 atom stereocenters. The predicted octanol–water partition coefficient (Wildman–Crippen LogP) is 5.75. The van der Waals surface area contributed by atoms with Gasteiger partial charge in [-0.15, -0.1) is 11.8 Å². The van der Waals surface area contributed by atoms with Crippen LogP contribution in [-0.2, 0) is 5.75 Å². The molecular weight excluding hydrogens is 390 g/mol. The summed E-state index contributed by atoms with van der Waals surface area (Å²) in [6.45, 7) is 2.93. The smallest absolute Gasteiger partial charge is 0.251 e. The van der Waals surface area contributed by atoms with Crippen LogP contribution in [0.1, 0.15) is 21.5 Å². The van der Waals surface area contributed by atoms with Gasteiger partial charge >= 0.3 is 0 Å². The summed E-state index contributed by atoms with van der Waals surface area (Å²) >= 11 is 7.64. The minimum atomic E-state index is -0.0931. The van der Waals surface area contributed by atoms with E-state index < -0.39 is 0 Å². The number of rotatable bonds is 8. The standard InChI is InChI=1S/C23H22ClNO2S/c1-17-2-10-21(11-3-17)27-15-14-25-23(26)19-6-4-18(5-7-19)16-28-22-12-8-20(24)9-13-22/h2-13H,14-16H2,1H3,(H,25,26). The quantitative estimate of drug-likeness (QED) is 0.379. The second-order valence-corrected chi connectivity index (χ2v) is 7.84. The van der Waals surface area contributed by atoms with Crippen molar-refractivity contribution in [2.45, 2.75) is 17.6 Å². The van der Waals surface area contributed by atoms with Crippen LogP contribution in [-0.4, -0.2) is 19.1 Å². The molecule has 0 aliphatic heterocycles. The lowest BCUT2D eigenvalue weighted by Crippen LogP contribution is -2.28. The summed E-state index contributed by atoms with van der Waals surface area (Å²) in [4.78, 5) is 13.4. The Morgan fingerprint density at radius 3 is 2.32 bits per heavy atom. The first-order chi connectivity index (χ1) is 13.6. The molecule has 3 aromatic carbocycles. The maximum atomic E-state index is 12.2. The Hall–Kier alpha value is -2.43. The summed E-state index contributed by atoms with van der Waals surface area (Å²) in [7, 11) is 0. The fourth-order valence-electron chi connectivity index (χ4n) is 2.52. The van der Waals surface area contributed by atoms with E-state index in [4.69, 9.17) is 16.3 Å². The molecule has 0 aromatic heterocycles. The number of amides is 1. The molecule has 0 bridgehead atoms. The number of carbonyl (C=O) groups is 1. The number of aryl methyl sites for hydroxylation is 1. The first-order valence-corrected chi connectivity index (χ1v) is 10.4. The van der Waals surface area contributed by atoms with Crippen LogP contribution in [0.4, 0.5) is 0 Å². The summed E-state index contributed by atoms with van der Waals surface area (Å²) in [5.74, 6) is 1.56. The van der Waals surface area contributed by atoms with Gasteiger partial charge in [-0.1, -0.05) is 41.4 Å². The average molecular weight is 412 g/mol. The first-order valence-electron chi connectivity index (χ1n) is 9.05. The van der Waals surface area contributed by atoms with Gasteiger partial charge in [-0.2, -0.15) is 0 Å². The maximum absolute atomic E-state index is 12.2. The van der Waals surface area contributed by atoms with E-state index in [2.05, 4.69) is 5.32 Å². The van der Waals surface area contributed by atoms with E-state index in [0.29, 0.717) is 18.7 Å². The Labute approximate surface area is 175 Å². The minimum absolute atomic E-state index is 0.0931. The molecule has 1 amide bonds. The van der Waals surface area contributed by atoms with E-state index >= 15 is 0 Å². The SMILES string of the molecule is Cc1ccc(OCCNC(=O)c2ccc(CSc3ccc(Cl)cc3)cc2)cc1. The average Bonchev–Trinajstić information content (AvgIpc) is 2.72. The van der Waals surface area contributed by atoms with Crippen molar-refractivity contribution in [1.82, 2.24) is 5.32 Å². The molecule has 3 rings (SSSR count). The molecule has 0 radical (unpaired) electrons. The molecule has 5 heteroatoms. The predicted molar refractivity (Wildman–Crippen MR) is 116 cm³/mol. The topological polar surface area (TPSA) is 38.3 Å². The monoisotopic (exact) mass is 411 g/mol. The highest BCUT2D eigenvalue weighted by Gasteiger charge is 2.05. The van der Waals surface area contributed by atoms with Crippen LogP contribution in [0.15, 0.2) is 77.7 Å². The highest BCUT2D eigenvalue weighted by atomic mass is 35.5. The van der Waals surface area contributed by atoms with Gasteiger partial charge in [0.15, 0.2) is 0 Å². The van der Waals surface area contributed by atoms with Crippen molar-refractivity contribution in [2.75, 3.05) is 13.2 Å². The van der Waals surface area contributed by atoms with Gasteiger partial charge in [0.05, 0.1) is 6.54 Å². The summed E-state index contributed by atoms with van der Waals surface area (Å²) in [6, 6.07) is 23.3. The van der Waals surface area contributed by atoms with E-state index in [1.807, 2.05) is 79.7 Å². The molecule has 1 N–H and O–H groups in total. The lowest BCUT2D eigenvalue weighted by atomic mass is 10.1. The van der Waals surface area contributed by atoms with Crippen molar-refractivity contribution in [2.24, 2.45) is 0 Å². The van der Waals surface area contributed by atoms with Gasteiger partial charge in [0.25, 0.3) is 5.91 Å². The zero-order valence-electron chi connectivity index (χ0n) is 15.7. The normalized spacial score (nSPS) is 10.5. The molecule has 0 spiro atoms. The zero-order valence-corrected chi connectivity index (χ0v) is 17.2. The lowest BCUT2D eigenvalue weighted by Gasteiger charge is -2.09. The van der Waals surface area contributed by atoms with E-state index in [9.17, 15) is 4.79 Å². The number of halogens is 1. The van der Waals surface area contributed by atoms with E-state index in [0.717, 1.165) is 16.5 Å². The molecule has 0 fully saturated rings. The number of hydrogen-bond acceptors (Lipinski definition) is 3. The summed E-state index contributed by atoms with van der Waals surface area (Å²) in [5.41, 5.74) is 3.01. The van der Waals surface area contributed by atoms with Gasteiger partial charge in [-0.25, -0.2) is 0 Å². The van der Waals surface area contributed by atoms with Gasteiger partial charge in [0.2, 0.25) is 0 Å². The molecule has 3 nitrogen and oxygen atoms in total. The van der Waals surface area contributed by atoms with Gasteiger partial charge < -0.3 is 10.1 Å². The fraction of sp³-hybridized carbons (Fsp3) is 0.174. The van der Waals surface area contributed by atoms with E-state index in [-0.39, 0.29) is 5.91 Å². The van der Waals surface area contributed by atoms with Crippen molar-refractivity contribution in [3.8, 4) is 5.75 Å². The largest absolute Gasteiger partial charge is 0.492 e. The van der Waals surface area contributed by atoms with Crippen molar-refractivity contribution < 1.29 is 9.53 Å². The summed E-state index contributed by atoms with van der Waals surface area (Å²) in [5, 5.41) is 3.62. The van der Waals surface area contributed by atoms with E-state index in [1.165, 1.54) is 16.0 Å². The summed E-state index contributed by atoms with van der Waals surface area (Å²) in [6.07, 6.45) is 0. The Morgan fingerprint density at radius 1 is 0.964 bits per heavy atom. The third-order valence-corrected chi connectivity index (χ3v) is 5.45. The van der Waals surface area contributed by atoms with Gasteiger partial charge in [-0.05, 0) is 61.0 Å². The lowest BCUT2D eigenvalue weighted by molar-refractivity contribution is 0.0947. The molecule has 3 aromatic rings. The van der Waals surface area contributed by atoms with Crippen LogP contribution >= 0.6 is 23.4 Å². The Morgan fingerprint density at radius 2 is 1.64 bits per heavy atom. The Bertz CT molecular complexity index is 893. The molecule has 0 unspecified atom stereocenters. The highest BCUT2D eigenvalue weighted by molar-refractivity contribution is 7.98. The van der Waals surface area contributed by atoms with Gasteiger partial charge in [0.1, 0.15) is 12.4 Å². The van der Waals surface area contributed by atoms with Crippen LogP contribution in [0, 0.1) is 6.92 Å². The Balaban J connectivity index is 1.41. The first kappa shape index (κ1) is 20.3. The molecule has 28 heavy (non-hydrogen) atoms. The van der Waals surface area contributed by atoms with Crippen molar-refractivity contribution in [3.63, 3.8) is 0 Å². The second-order valence-electron chi connectivity index (χ2n) is 6.36. The highest BCUT2D eigenvalue weighted by Crippen LogP contribution is 2.24. The van der Waals surface area contributed by atoms with Crippen LogP contribution in [0.25, 0.3) is 0 Å². The van der Waals surface area contributed by atoms with Crippen LogP contribution in [0.5, 0.6) is 5.75 Å². The number of nitrogens with one attached hydrogen (secondary N) is 1. The van der Waals surface area contributed by atoms with Crippen molar-refractivity contribution in [1.29, 1.82) is 0 Å². The maximum Gasteiger partial charge on any atom is 0.251 e. The third kappa shape index (κ3) is 6.32. The number of carbonyl (C=O) groups excluding carboxylic acids is 1. The summed E-state index contributed by atoms with van der Waals surface area (Å²) < 4.78 is 5.62. The number of benzene rings is 3. The molecular formula is C23H22ClNO2S. The van der Waals surface area contributed by atoms with Crippen LogP contribution in [0.3, 0.4) is 0 Å². The zero-order chi connectivity index (χ0) is 19.8. The van der Waals surface area contributed by atoms with Crippen LogP contribution in [0.2, 0.25) is 5.02 Å². The molecule has 0 aliphatic carbocycles. The molecule has 144 valence electrons.